The summed E-state index contributed by atoms with van der Waals surface area (Å²) in [6.45, 7) is 2.13. The zero-order valence-electron chi connectivity index (χ0n) is 12.7. The molecule has 2 aromatic carbocycles. The largest absolute Gasteiger partial charge is 0.481 e. The maximum atomic E-state index is 10.7. The summed E-state index contributed by atoms with van der Waals surface area (Å²) in [5.74, 6) is -0.768. The quantitative estimate of drug-likeness (QED) is 0.738. The molecule has 0 saturated heterocycles. The van der Waals surface area contributed by atoms with Gasteiger partial charge in [0.25, 0.3) is 0 Å². The third-order valence-corrected chi connectivity index (χ3v) is 3.93. The number of aliphatic carboxylic acids is 1. The molecule has 0 fully saturated rings. The van der Waals surface area contributed by atoms with Crippen molar-refractivity contribution >= 4 is 29.2 Å². The first-order chi connectivity index (χ1) is 11.0. The van der Waals surface area contributed by atoms with Crippen LogP contribution in [-0.4, -0.2) is 22.5 Å². The fourth-order valence-corrected chi connectivity index (χ4v) is 2.88. The van der Waals surface area contributed by atoms with Crippen molar-refractivity contribution in [3.63, 3.8) is 0 Å². The summed E-state index contributed by atoms with van der Waals surface area (Å²) in [4.78, 5) is 12.9. The molecule has 3 nitrogen and oxygen atoms in total. The minimum atomic E-state index is -0.768. The van der Waals surface area contributed by atoms with E-state index in [1.807, 2.05) is 48.5 Å². The van der Waals surface area contributed by atoms with Gasteiger partial charge in [0.2, 0.25) is 0 Å². The molecule has 0 aromatic heterocycles. The minimum Gasteiger partial charge on any atom is -0.481 e. The fraction of sp³-hybridized carbons (Fsp3) is 0.278. The third-order valence-electron chi connectivity index (χ3n) is 3.46. The first-order valence-electron chi connectivity index (χ1n) is 7.46. The summed E-state index contributed by atoms with van der Waals surface area (Å²) < 4.78 is 0. The van der Waals surface area contributed by atoms with Crippen LogP contribution >= 0.6 is 23.2 Å². The van der Waals surface area contributed by atoms with Gasteiger partial charge in [-0.05, 0) is 48.4 Å². The van der Waals surface area contributed by atoms with Gasteiger partial charge in [-0.25, -0.2) is 0 Å². The lowest BCUT2D eigenvalue weighted by molar-refractivity contribution is -0.137. The smallest absolute Gasteiger partial charge is 0.303 e. The highest BCUT2D eigenvalue weighted by molar-refractivity contribution is 6.30. The number of carbonyl (C=O) groups is 1. The van der Waals surface area contributed by atoms with E-state index < -0.39 is 5.97 Å². The Hall–Kier alpha value is -1.55. The molecule has 0 aliphatic rings. The molecule has 0 spiro atoms. The molecule has 23 heavy (non-hydrogen) atoms. The lowest BCUT2D eigenvalue weighted by Crippen LogP contribution is -2.24. The summed E-state index contributed by atoms with van der Waals surface area (Å²) in [5.41, 5.74) is 2.21. The average Bonchev–Trinajstić information content (AvgIpc) is 2.46. The van der Waals surface area contributed by atoms with E-state index in [-0.39, 0.29) is 6.42 Å². The normalized spacial score (nSPS) is 10.9. The van der Waals surface area contributed by atoms with Gasteiger partial charge in [-0.1, -0.05) is 47.5 Å². The molecule has 0 radical (unpaired) electrons. The van der Waals surface area contributed by atoms with Crippen molar-refractivity contribution in [2.45, 2.75) is 25.9 Å². The molecule has 0 heterocycles. The Balaban J connectivity index is 2.05. The molecule has 0 aliphatic carbocycles. The summed E-state index contributed by atoms with van der Waals surface area (Å²) in [5, 5.41) is 10.2. The van der Waals surface area contributed by atoms with Crippen LogP contribution < -0.4 is 0 Å². The van der Waals surface area contributed by atoms with Crippen LogP contribution in [0, 0.1) is 0 Å². The summed E-state index contributed by atoms with van der Waals surface area (Å²) in [6.07, 6.45) is 0.776. The SMILES string of the molecule is O=C(O)CCCN(Cc1cccc(Cl)c1)Cc1cccc(Cl)c1. The standard InChI is InChI=1S/C18H19Cl2NO2/c19-16-6-1-4-14(10-16)12-21(9-3-8-18(22)23)13-15-5-2-7-17(20)11-15/h1-2,4-7,10-11H,3,8-9,12-13H2,(H,22,23). The minimum absolute atomic E-state index is 0.168. The second kappa shape index (κ2) is 8.92. The van der Waals surface area contributed by atoms with Crippen molar-refractivity contribution in [1.82, 2.24) is 4.90 Å². The maximum absolute atomic E-state index is 10.7. The topological polar surface area (TPSA) is 40.5 Å². The number of benzene rings is 2. The molecular formula is C18H19Cl2NO2. The van der Waals surface area contributed by atoms with Gasteiger partial charge in [0, 0.05) is 29.6 Å². The Kier molecular flexibility index (Phi) is 6.90. The fourth-order valence-electron chi connectivity index (χ4n) is 2.45. The van der Waals surface area contributed by atoms with Crippen molar-refractivity contribution in [2.24, 2.45) is 0 Å². The molecule has 5 heteroatoms. The molecule has 2 aromatic rings. The Bertz CT molecular complexity index is 613. The van der Waals surface area contributed by atoms with E-state index in [0.717, 1.165) is 11.1 Å². The number of rotatable bonds is 8. The highest BCUT2D eigenvalue weighted by atomic mass is 35.5. The van der Waals surface area contributed by atoms with Crippen LogP contribution in [-0.2, 0) is 17.9 Å². The van der Waals surface area contributed by atoms with Crippen LogP contribution in [0.4, 0.5) is 0 Å². The van der Waals surface area contributed by atoms with E-state index in [1.165, 1.54) is 0 Å². The molecular weight excluding hydrogens is 333 g/mol. The molecule has 0 saturated carbocycles. The second-order valence-electron chi connectivity index (χ2n) is 5.47. The molecule has 122 valence electrons. The van der Waals surface area contributed by atoms with Crippen molar-refractivity contribution < 1.29 is 9.90 Å². The zero-order chi connectivity index (χ0) is 16.7. The van der Waals surface area contributed by atoms with Crippen LogP contribution in [0.3, 0.4) is 0 Å². The van der Waals surface area contributed by atoms with E-state index >= 15 is 0 Å². The Labute approximate surface area is 146 Å². The highest BCUT2D eigenvalue weighted by Gasteiger charge is 2.09. The van der Waals surface area contributed by atoms with Gasteiger partial charge in [-0.2, -0.15) is 0 Å². The second-order valence-corrected chi connectivity index (χ2v) is 6.34. The predicted octanol–water partition coefficient (Wildman–Crippen LogP) is 4.86. The predicted molar refractivity (Wildman–Crippen MR) is 93.9 cm³/mol. The van der Waals surface area contributed by atoms with E-state index in [9.17, 15) is 4.79 Å². The van der Waals surface area contributed by atoms with Gasteiger partial charge in [0.15, 0.2) is 0 Å². The van der Waals surface area contributed by atoms with Crippen LogP contribution in [0.25, 0.3) is 0 Å². The van der Waals surface area contributed by atoms with Gasteiger partial charge in [-0.3, -0.25) is 9.69 Å². The first-order valence-corrected chi connectivity index (χ1v) is 8.21. The molecule has 1 N–H and O–H groups in total. The third kappa shape index (κ3) is 6.61. The number of nitrogens with zero attached hydrogens (tertiary/aromatic N) is 1. The van der Waals surface area contributed by atoms with E-state index in [4.69, 9.17) is 28.3 Å². The lowest BCUT2D eigenvalue weighted by Gasteiger charge is -2.22. The van der Waals surface area contributed by atoms with Gasteiger partial charge < -0.3 is 5.11 Å². The zero-order valence-corrected chi connectivity index (χ0v) is 14.2. The van der Waals surface area contributed by atoms with Crippen molar-refractivity contribution in [3.05, 3.63) is 69.7 Å². The summed E-state index contributed by atoms with van der Waals surface area (Å²) >= 11 is 12.1. The molecule has 0 atom stereocenters. The molecule has 0 amide bonds. The van der Waals surface area contributed by atoms with Gasteiger partial charge >= 0.3 is 5.97 Å². The number of carboxylic acid groups (broad SMARTS) is 1. The maximum Gasteiger partial charge on any atom is 0.303 e. The lowest BCUT2D eigenvalue weighted by atomic mass is 10.1. The first kappa shape index (κ1) is 17.8. The molecule has 0 aliphatic heterocycles. The number of halogens is 2. The Morgan fingerprint density at radius 1 is 0.957 bits per heavy atom. The van der Waals surface area contributed by atoms with E-state index in [0.29, 0.717) is 36.1 Å². The van der Waals surface area contributed by atoms with Crippen molar-refractivity contribution in [2.75, 3.05) is 6.54 Å². The number of hydrogen-bond acceptors (Lipinski definition) is 2. The van der Waals surface area contributed by atoms with Crippen LogP contribution in [0.5, 0.6) is 0 Å². The average molecular weight is 352 g/mol. The van der Waals surface area contributed by atoms with Gasteiger partial charge in [-0.15, -0.1) is 0 Å². The monoisotopic (exact) mass is 351 g/mol. The van der Waals surface area contributed by atoms with Gasteiger partial charge in [0.05, 0.1) is 0 Å². The van der Waals surface area contributed by atoms with Crippen LogP contribution in [0.1, 0.15) is 24.0 Å². The summed E-state index contributed by atoms with van der Waals surface area (Å²) in [7, 11) is 0. The highest BCUT2D eigenvalue weighted by Crippen LogP contribution is 2.17. The Morgan fingerprint density at radius 3 is 1.91 bits per heavy atom. The molecule has 0 unspecified atom stereocenters. The summed E-state index contributed by atoms with van der Waals surface area (Å²) in [6, 6.07) is 15.4. The number of carboxylic acids is 1. The van der Waals surface area contributed by atoms with E-state index in [1.54, 1.807) is 0 Å². The Morgan fingerprint density at radius 2 is 1.48 bits per heavy atom. The van der Waals surface area contributed by atoms with Crippen LogP contribution in [0.15, 0.2) is 48.5 Å². The van der Waals surface area contributed by atoms with Crippen molar-refractivity contribution in [1.29, 1.82) is 0 Å². The van der Waals surface area contributed by atoms with E-state index in [2.05, 4.69) is 4.90 Å². The van der Waals surface area contributed by atoms with Gasteiger partial charge in [0.1, 0.15) is 0 Å². The number of hydrogen-bond donors (Lipinski definition) is 1. The molecule has 0 bridgehead atoms. The van der Waals surface area contributed by atoms with Crippen molar-refractivity contribution in [3.8, 4) is 0 Å². The molecule has 2 rings (SSSR count). The van der Waals surface area contributed by atoms with Crippen LogP contribution in [0.2, 0.25) is 10.0 Å².